The summed E-state index contributed by atoms with van der Waals surface area (Å²) in [5.74, 6) is -0.288. The van der Waals surface area contributed by atoms with Crippen molar-refractivity contribution in [2.75, 3.05) is 12.4 Å². The molecule has 0 aliphatic heterocycles. The van der Waals surface area contributed by atoms with Crippen molar-refractivity contribution in [2.45, 2.75) is 39.2 Å². The molecule has 0 aromatic heterocycles. The SMILES string of the molecule is COC(=O)c1ccc(NC2CCC(C)(C)C2)cc1. The Bertz CT molecular complexity index is 423. The topological polar surface area (TPSA) is 38.3 Å². The molecule has 1 saturated carbocycles. The first-order chi connectivity index (χ1) is 8.50. The van der Waals surface area contributed by atoms with E-state index in [1.165, 1.54) is 26.4 Å². The zero-order valence-corrected chi connectivity index (χ0v) is 11.3. The Hall–Kier alpha value is -1.51. The second-order valence-electron chi connectivity index (χ2n) is 5.82. The van der Waals surface area contributed by atoms with Gasteiger partial charge in [0.1, 0.15) is 0 Å². The Balaban J connectivity index is 1.97. The normalized spacial score (nSPS) is 21.6. The fraction of sp³-hybridized carbons (Fsp3) is 0.533. The van der Waals surface area contributed by atoms with Crippen LogP contribution in [0.15, 0.2) is 24.3 Å². The quantitative estimate of drug-likeness (QED) is 0.831. The van der Waals surface area contributed by atoms with Crippen LogP contribution in [0.25, 0.3) is 0 Å². The van der Waals surface area contributed by atoms with Gasteiger partial charge in [-0.25, -0.2) is 4.79 Å². The third-order valence-electron chi connectivity index (χ3n) is 3.65. The average molecular weight is 247 g/mol. The summed E-state index contributed by atoms with van der Waals surface area (Å²) in [5, 5.41) is 3.53. The van der Waals surface area contributed by atoms with Gasteiger partial charge < -0.3 is 10.1 Å². The lowest BCUT2D eigenvalue weighted by molar-refractivity contribution is 0.0601. The van der Waals surface area contributed by atoms with E-state index in [1.54, 1.807) is 12.1 Å². The summed E-state index contributed by atoms with van der Waals surface area (Å²) in [6.45, 7) is 4.63. The first kappa shape index (κ1) is 12.9. The lowest BCUT2D eigenvalue weighted by Gasteiger charge is -2.18. The van der Waals surface area contributed by atoms with Crippen LogP contribution in [0.3, 0.4) is 0 Å². The molecular formula is C15H21NO2. The van der Waals surface area contributed by atoms with E-state index in [-0.39, 0.29) is 5.97 Å². The van der Waals surface area contributed by atoms with E-state index < -0.39 is 0 Å². The Morgan fingerprint density at radius 1 is 1.33 bits per heavy atom. The number of hydrogen-bond acceptors (Lipinski definition) is 3. The molecule has 2 rings (SSSR count). The highest BCUT2D eigenvalue weighted by Crippen LogP contribution is 2.38. The van der Waals surface area contributed by atoms with Crippen molar-refractivity contribution < 1.29 is 9.53 Å². The summed E-state index contributed by atoms with van der Waals surface area (Å²) in [6, 6.07) is 8.03. The molecule has 1 aromatic carbocycles. The molecule has 0 bridgehead atoms. The molecule has 0 radical (unpaired) electrons. The number of ether oxygens (including phenoxy) is 1. The number of esters is 1. The summed E-state index contributed by atoms with van der Waals surface area (Å²) < 4.78 is 4.68. The van der Waals surface area contributed by atoms with Crippen LogP contribution in [0.4, 0.5) is 5.69 Å². The second kappa shape index (κ2) is 5.01. The number of carbonyl (C=O) groups excluding carboxylic acids is 1. The van der Waals surface area contributed by atoms with E-state index in [2.05, 4.69) is 23.9 Å². The fourth-order valence-corrected chi connectivity index (χ4v) is 2.62. The highest BCUT2D eigenvalue weighted by Gasteiger charge is 2.30. The van der Waals surface area contributed by atoms with Crippen molar-refractivity contribution >= 4 is 11.7 Å². The summed E-state index contributed by atoms with van der Waals surface area (Å²) in [7, 11) is 1.40. The Kier molecular flexibility index (Phi) is 3.60. The van der Waals surface area contributed by atoms with Crippen LogP contribution in [-0.2, 0) is 4.74 Å². The largest absolute Gasteiger partial charge is 0.465 e. The van der Waals surface area contributed by atoms with E-state index >= 15 is 0 Å². The molecular weight excluding hydrogens is 226 g/mol. The Labute approximate surface area is 109 Å². The lowest BCUT2D eigenvalue weighted by Crippen LogP contribution is -2.17. The minimum atomic E-state index is -0.288. The highest BCUT2D eigenvalue weighted by atomic mass is 16.5. The summed E-state index contributed by atoms with van der Waals surface area (Å²) in [4.78, 5) is 11.3. The van der Waals surface area contributed by atoms with Crippen molar-refractivity contribution in [1.29, 1.82) is 0 Å². The van der Waals surface area contributed by atoms with Crippen LogP contribution >= 0.6 is 0 Å². The number of nitrogens with one attached hydrogen (secondary N) is 1. The van der Waals surface area contributed by atoms with E-state index in [0.717, 1.165) is 5.69 Å². The Morgan fingerprint density at radius 3 is 2.50 bits per heavy atom. The van der Waals surface area contributed by atoms with Crippen molar-refractivity contribution in [3.05, 3.63) is 29.8 Å². The molecule has 0 saturated heterocycles. The van der Waals surface area contributed by atoms with Crippen molar-refractivity contribution in [2.24, 2.45) is 5.41 Å². The monoisotopic (exact) mass is 247 g/mol. The maximum atomic E-state index is 11.3. The number of carbonyl (C=O) groups is 1. The molecule has 18 heavy (non-hydrogen) atoms. The average Bonchev–Trinajstić information content (AvgIpc) is 2.68. The summed E-state index contributed by atoms with van der Waals surface area (Å²) in [6.07, 6.45) is 3.68. The van der Waals surface area contributed by atoms with Gasteiger partial charge in [0.05, 0.1) is 12.7 Å². The Morgan fingerprint density at radius 2 is 2.00 bits per heavy atom. The predicted octanol–water partition coefficient (Wildman–Crippen LogP) is 3.46. The molecule has 0 spiro atoms. The first-order valence-electron chi connectivity index (χ1n) is 6.45. The van der Waals surface area contributed by atoms with Gasteiger partial charge in [0.15, 0.2) is 0 Å². The van der Waals surface area contributed by atoms with Crippen LogP contribution in [0.1, 0.15) is 43.5 Å². The molecule has 1 unspecified atom stereocenters. The lowest BCUT2D eigenvalue weighted by atomic mass is 9.92. The zero-order chi connectivity index (χ0) is 13.2. The molecule has 1 N–H and O–H groups in total. The van der Waals surface area contributed by atoms with Gasteiger partial charge in [-0.1, -0.05) is 13.8 Å². The number of benzene rings is 1. The molecule has 1 aromatic rings. The van der Waals surface area contributed by atoms with Crippen molar-refractivity contribution in [1.82, 2.24) is 0 Å². The van der Waals surface area contributed by atoms with Gasteiger partial charge in [0.25, 0.3) is 0 Å². The zero-order valence-electron chi connectivity index (χ0n) is 11.3. The molecule has 0 heterocycles. The summed E-state index contributed by atoms with van der Waals surface area (Å²) in [5.41, 5.74) is 2.11. The van der Waals surface area contributed by atoms with Gasteiger partial charge in [0, 0.05) is 11.7 Å². The van der Waals surface area contributed by atoms with E-state index in [9.17, 15) is 4.79 Å². The van der Waals surface area contributed by atoms with Gasteiger partial charge >= 0.3 is 5.97 Å². The molecule has 1 aliphatic rings. The van der Waals surface area contributed by atoms with Gasteiger partial charge in [-0.3, -0.25) is 0 Å². The minimum absolute atomic E-state index is 0.288. The molecule has 1 aliphatic carbocycles. The van der Waals surface area contributed by atoms with Crippen molar-refractivity contribution in [3.63, 3.8) is 0 Å². The third-order valence-corrected chi connectivity index (χ3v) is 3.65. The number of anilines is 1. The van der Waals surface area contributed by atoms with Gasteiger partial charge in [-0.2, -0.15) is 0 Å². The van der Waals surface area contributed by atoms with Crippen LogP contribution in [0, 0.1) is 5.41 Å². The molecule has 3 heteroatoms. The smallest absolute Gasteiger partial charge is 0.337 e. The van der Waals surface area contributed by atoms with Gasteiger partial charge in [0.2, 0.25) is 0 Å². The fourth-order valence-electron chi connectivity index (χ4n) is 2.62. The maximum Gasteiger partial charge on any atom is 0.337 e. The second-order valence-corrected chi connectivity index (χ2v) is 5.82. The molecule has 1 fully saturated rings. The first-order valence-corrected chi connectivity index (χ1v) is 6.45. The molecule has 98 valence electrons. The van der Waals surface area contributed by atoms with E-state index in [0.29, 0.717) is 17.0 Å². The predicted molar refractivity (Wildman–Crippen MR) is 72.8 cm³/mol. The third kappa shape index (κ3) is 3.03. The van der Waals surface area contributed by atoms with Crippen LogP contribution in [0.5, 0.6) is 0 Å². The summed E-state index contributed by atoms with van der Waals surface area (Å²) >= 11 is 0. The molecule has 3 nitrogen and oxygen atoms in total. The van der Waals surface area contributed by atoms with Crippen molar-refractivity contribution in [3.8, 4) is 0 Å². The van der Waals surface area contributed by atoms with Crippen LogP contribution in [0.2, 0.25) is 0 Å². The number of methoxy groups -OCH3 is 1. The number of rotatable bonds is 3. The van der Waals surface area contributed by atoms with Crippen LogP contribution in [-0.4, -0.2) is 19.1 Å². The molecule has 0 amide bonds. The van der Waals surface area contributed by atoms with Gasteiger partial charge in [-0.05, 0) is 48.9 Å². The maximum absolute atomic E-state index is 11.3. The van der Waals surface area contributed by atoms with E-state index in [1.807, 2.05) is 12.1 Å². The highest BCUT2D eigenvalue weighted by molar-refractivity contribution is 5.89. The standard InChI is InChI=1S/C15H21NO2/c1-15(2)9-8-13(10-15)16-12-6-4-11(5-7-12)14(17)18-3/h4-7,13,16H,8-10H2,1-3H3. The van der Waals surface area contributed by atoms with Gasteiger partial charge in [-0.15, -0.1) is 0 Å². The minimum Gasteiger partial charge on any atom is -0.465 e. The molecule has 1 atom stereocenters. The number of hydrogen-bond donors (Lipinski definition) is 1. The van der Waals surface area contributed by atoms with Crippen LogP contribution < -0.4 is 5.32 Å². The van der Waals surface area contributed by atoms with E-state index in [4.69, 9.17) is 0 Å².